The van der Waals surface area contributed by atoms with Gasteiger partial charge in [0.05, 0.1) is 4.47 Å². The molecular weight excluding hydrogens is 331 g/mol. The molecule has 21 heavy (non-hydrogen) atoms. The van der Waals surface area contributed by atoms with Gasteiger partial charge in [-0.05, 0) is 66.5 Å². The average molecular weight is 357 g/mol. The second-order valence-corrected chi connectivity index (χ2v) is 7.53. The lowest BCUT2D eigenvalue weighted by atomic mass is 9.75. The number of hydrogen-bond acceptors (Lipinski definition) is 2. The highest BCUT2D eigenvalue weighted by Crippen LogP contribution is 2.35. The summed E-state index contributed by atoms with van der Waals surface area (Å²) in [6.07, 6.45) is 5.12. The maximum absolute atomic E-state index is 13.5. The maximum atomic E-state index is 13.5. The molecule has 1 aliphatic rings. The standard InChI is InChI=1S/C17H26BrFN2/c1-13-5-4-8-17(10-13,21(2)3)12-20-11-14-6-7-15(18)16(19)9-14/h6-7,9,13,20H,4-5,8,10-12H2,1-3H3. The molecule has 0 saturated heterocycles. The third-order valence-electron chi connectivity index (χ3n) is 4.78. The van der Waals surface area contributed by atoms with Crippen LogP contribution in [0, 0.1) is 11.7 Å². The fraction of sp³-hybridized carbons (Fsp3) is 0.647. The maximum Gasteiger partial charge on any atom is 0.137 e. The molecule has 2 nitrogen and oxygen atoms in total. The molecule has 2 unspecified atom stereocenters. The van der Waals surface area contributed by atoms with Crippen molar-refractivity contribution >= 4 is 15.9 Å². The Morgan fingerprint density at radius 2 is 2.19 bits per heavy atom. The first-order valence-corrected chi connectivity index (χ1v) is 8.54. The molecule has 0 heterocycles. The van der Waals surface area contributed by atoms with Crippen LogP contribution in [0.1, 0.15) is 38.2 Å². The van der Waals surface area contributed by atoms with Crippen LogP contribution in [0.15, 0.2) is 22.7 Å². The quantitative estimate of drug-likeness (QED) is 0.850. The fourth-order valence-electron chi connectivity index (χ4n) is 3.45. The van der Waals surface area contributed by atoms with Crippen molar-refractivity contribution in [3.05, 3.63) is 34.1 Å². The van der Waals surface area contributed by atoms with Gasteiger partial charge in [0.2, 0.25) is 0 Å². The molecule has 0 bridgehead atoms. The molecule has 1 saturated carbocycles. The summed E-state index contributed by atoms with van der Waals surface area (Å²) >= 11 is 3.19. The van der Waals surface area contributed by atoms with Gasteiger partial charge in [-0.15, -0.1) is 0 Å². The number of benzene rings is 1. The second-order valence-electron chi connectivity index (χ2n) is 6.67. The van der Waals surface area contributed by atoms with Crippen molar-refractivity contribution < 1.29 is 4.39 Å². The van der Waals surface area contributed by atoms with Crippen LogP contribution in [0.3, 0.4) is 0 Å². The lowest BCUT2D eigenvalue weighted by Crippen LogP contribution is -2.54. The predicted molar refractivity (Wildman–Crippen MR) is 89.9 cm³/mol. The monoisotopic (exact) mass is 356 g/mol. The Labute approximate surface area is 136 Å². The number of likely N-dealkylation sites (N-methyl/N-ethyl adjacent to an activating group) is 1. The van der Waals surface area contributed by atoms with Crippen molar-refractivity contribution in [3.8, 4) is 0 Å². The highest BCUT2D eigenvalue weighted by Gasteiger charge is 2.36. The van der Waals surface area contributed by atoms with Crippen LogP contribution >= 0.6 is 15.9 Å². The van der Waals surface area contributed by atoms with Gasteiger partial charge in [0.25, 0.3) is 0 Å². The van der Waals surface area contributed by atoms with Crippen LogP contribution in [0.25, 0.3) is 0 Å². The molecular formula is C17H26BrFN2. The van der Waals surface area contributed by atoms with Crippen molar-refractivity contribution in [3.63, 3.8) is 0 Å². The van der Waals surface area contributed by atoms with Crippen LogP contribution in [-0.4, -0.2) is 31.1 Å². The number of nitrogens with zero attached hydrogens (tertiary/aromatic N) is 1. The Hall–Kier alpha value is -0.450. The van der Waals surface area contributed by atoms with Crippen molar-refractivity contribution in [2.24, 2.45) is 5.92 Å². The summed E-state index contributed by atoms with van der Waals surface area (Å²) in [4.78, 5) is 2.37. The SMILES string of the molecule is CC1CCCC(CNCc2ccc(Br)c(F)c2)(N(C)C)C1. The van der Waals surface area contributed by atoms with Gasteiger partial charge < -0.3 is 10.2 Å². The summed E-state index contributed by atoms with van der Waals surface area (Å²) in [5.41, 5.74) is 1.24. The van der Waals surface area contributed by atoms with Crippen molar-refractivity contribution in [2.75, 3.05) is 20.6 Å². The summed E-state index contributed by atoms with van der Waals surface area (Å²) in [6, 6.07) is 5.34. The molecule has 4 heteroatoms. The topological polar surface area (TPSA) is 15.3 Å². The third-order valence-corrected chi connectivity index (χ3v) is 5.43. The van der Waals surface area contributed by atoms with Gasteiger partial charge in [0.1, 0.15) is 5.82 Å². The second kappa shape index (κ2) is 7.21. The first-order valence-electron chi connectivity index (χ1n) is 7.75. The Kier molecular flexibility index (Phi) is 5.81. The van der Waals surface area contributed by atoms with Gasteiger partial charge in [-0.1, -0.05) is 25.8 Å². The zero-order valence-corrected chi connectivity index (χ0v) is 14.8. The number of halogens is 2. The van der Waals surface area contributed by atoms with Crippen molar-refractivity contribution in [2.45, 2.75) is 44.7 Å². The van der Waals surface area contributed by atoms with Gasteiger partial charge in [-0.2, -0.15) is 0 Å². The molecule has 0 aromatic heterocycles. The minimum Gasteiger partial charge on any atom is -0.311 e. The van der Waals surface area contributed by atoms with E-state index in [1.807, 2.05) is 6.07 Å². The predicted octanol–water partition coefficient (Wildman–Crippen LogP) is 4.19. The number of nitrogens with one attached hydrogen (secondary N) is 1. The molecule has 0 radical (unpaired) electrons. The van der Waals surface area contributed by atoms with Crippen LogP contribution in [0.4, 0.5) is 4.39 Å². The largest absolute Gasteiger partial charge is 0.311 e. The van der Waals surface area contributed by atoms with E-state index in [0.29, 0.717) is 11.0 Å². The summed E-state index contributed by atoms with van der Waals surface area (Å²) in [6.45, 7) is 4.03. The van der Waals surface area contributed by atoms with E-state index in [1.165, 1.54) is 25.7 Å². The molecule has 118 valence electrons. The molecule has 2 rings (SSSR count). The molecule has 1 N–H and O–H groups in total. The van der Waals surface area contributed by atoms with Gasteiger partial charge in [0.15, 0.2) is 0 Å². The summed E-state index contributed by atoms with van der Waals surface area (Å²) in [5.74, 6) is 0.594. The first kappa shape index (κ1) is 16.9. The Morgan fingerprint density at radius 3 is 2.81 bits per heavy atom. The van der Waals surface area contributed by atoms with Gasteiger partial charge in [-0.3, -0.25) is 0 Å². The smallest absolute Gasteiger partial charge is 0.137 e. The molecule has 2 atom stereocenters. The number of rotatable bonds is 5. The highest BCUT2D eigenvalue weighted by atomic mass is 79.9. The van der Waals surface area contributed by atoms with Crippen LogP contribution in [-0.2, 0) is 6.54 Å². The Bertz CT molecular complexity index is 478. The zero-order valence-electron chi connectivity index (χ0n) is 13.3. The minimum absolute atomic E-state index is 0.192. The van der Waals surface area contributed by atoms with E-state index in [9.17, 15) is 4.39 Å². The molecule has 0 spiro atoms. The molecule has 1 aromatic rings. The normalized spacial score (nSPS) is 26.3. The average Bonchev–Trinajstić information content (AvgIpc) is 2.42. The van der Waals surface area contributed by atoms with Crippen molar-refractivity contribution in [1.82, 2.24) is 10.2 Å². The van der Waals surface area contributed by atoms with Gasteiger partial charge >= 0.3 is 0 Å². The highest BCUT2D eigenvalue weighted by molar-refractivity contribution is 9.10. The van der Waals surface area contributed by atoms with Crippen LogP contribution in [0.2, 0.25) is 0 Å². The Morgan fingerprint density at radius 1 is 1.43 bits per heavy atom. The van der Waals surface area contributed by atoms with Gasteiger partial charge in [0, 0.05) is 18.6 Å². The summed E-state index contributed by atoms with van der Waals surface area (Å²) in [7, 11) is 4.36. The van der Waals surface area contributed by atoms with Gasteiger partial charge in [-0.25, -0.2) is 4.39 Å². The van der Waals surface area contributed by atoms with E-state index in [-0.39, 0.29) is 11.4 Å². The summed E-state index contributed by atoms with van der Waals surface area (Å²) in [5, 5.41) is 3.54. The fourth-order valence-corrected chi connectivity index (χ4v) is 3.69. The molecule has 1 fully saturated rings. The van der Waals surface area contributed by atoms with E-state index in [0.717, 1.165) is 18.0 Å². The van der Waals surface area contributed by atoms with Crippen LogP contribution in [0.5, 0.6) is 0 Å². The van der Waals surface area contributed by atoms with Crippen molar-refractivity contribution in [1.29, 1.82) is 0 Å². The lowest BCUT2D eigenvalue weighted by Gasteiger charge is -2.45. The Balaban J connectivity index is 1.94. The van der Waals surface area contributed by atoms with E-state index < -0.39 is 0 Å². The zero-order chi connectivity index (χ0) is 15.5. The summed E-state index contributed by atoms with van der Waals surface area (Å²) < 4.78 is 14.1. The molecule has 1 aliphatic carbocycles. The van der Waals surface area contributed by atoms with E-state index >= 15 is 0 Å². The minimum atomic E-state index is -0.192. The number of hydrogen-bond donors (Lipinski definition) is 1. The lowest BCUT2D eigenvalue weighted by molar-refractivity contribution is 0.0749. The van der Waals surface area contributed by atoms with E-state index in [2.05, 4.69) is 47.2 Å². The van der Waals surface area contributed by atoms with Crippen LogP contribution < -0.4 is 5.32 Å². The first-order chi connectivity index (χ1) is 9.93. The van der Waals surface area contributed by atoms with E-state index in [4.69, 9.17) is 0 Å². The third kappa shape index (κ3) is 4.27. The molecule has 1 aromatic carbocycles. The molecule has 0 aliphatic heterocycles. The van der Waals surface area contributed by atoms with E-state index in [1.54, 1.807) is 12.1 Å². The molecule has 0 amide bonds.